The standard InChI is InChI=1S/C19H30N2O3/c1-15(2)24-14-17-8-6-16(7-9-17)11-20-19(23)12-21-10-4-3-5-18(21)13-22/h6-9,15,18,22H,3-5,10-14H2,1-2H3,(H,20,23). The fourth-order valence-corrected chi connectivity index (χ4v) is 2.93. The molecule has 5 nitrogen and oxygen atoms in total. The highest BCUT2D eigenvalue weighted by Gasteiger charge is 2.23. The monoisotopic (exact) mass is 334 g/mol. The molecule has 1 fully saturated rings. The molecule has 1 aliphatic rings. The van der Waals surface area contributed by atoms with Crippen molar-refractivity contribution < 1.29 is 14.6 Å². The number of ether oxygens (including phenoxy) is 1. The molecule has 1 aromatic carbocycles. The predicted molar refractivity (Wildman–Crippen MR) is 94.5 cm³/mol. The van der Waals surface area contributed by atoms with E-state index in [2.05, 4.69) is 10.2 Å². The van der Waals surface area contributed by atoms with Crippen LogP contribution >= 0.6 is 0 Å². The minimum Gasteiger partial charge on any atom is -0.395 e. The van der Waals surface area contributed by atoms with Crippen molar-refractivity contribution in [3.63, 3.8) is 0 Å². The van der Waals surface area contributed by atoms with E-state index in [9.17, 15) is 9.90 Å². The van der Waals surface area contributed by atoms with Gasteiger partial charge in [0.25, 0.3) is 0 Å². The molecule has 1 atom stereocenters. The van der Waals surface area contributed by atoms with Crippen LogP contribution in [0.4, 0.5) is 0 Å². The lowest BCUT2D eigenvalue weighted by Crippen LogP contribution is -2.46. The van der Waals surface area contributed by atoms with Gasteiger partial charge in [0.15, 0.2) is 0 Å². The minimum atomic E-state index is 0.0163. The molecular weight excluding hydrogens is 304 g/mol. The summed E-state index contributed by atoms with van der Waals surface area (Å²) in [6.07, 6.45) is 3.44. The topological polar surface area (TPSA) is 61.8 Å². The number of carbonyl (C=O) groups is 1. The van der Waals surface area contributed by atoms with Crippen LogP contribution in [0.2, 0.25) is 0 Å². The van der Waals surface area contributed by atoms with E-state index < -0.39 is 0 Å². The van der Waals surface area contributed by atoms with E-state index in [-0.39, 0.29) is 24.7 Å². The summed E-state index contributed by atoms with van der Waals surface area (Å²) in [5.41, 5.74) is 2.21. The van der Waals surface area contributed by atoms with Crippen molar-refractivity contribution in [2.75, 3.05) is 19.7 Å². The normalized spacial score (nSPS) is 18.8. The number of amides is 1. The molecule has 2 rings (SSSR count). The highest BCUT2D eigenvalue weighted by Crippen LogP contribution is 2.16. The molecule has 0 aromatic heterocycles. The fraction of sp³-hybridized carbons (Fsp3) is 0.632. The van der Waals surface area contributed by atoms with Crippen LogP contribution in [0, 0.1) is 0 Å². The van der Waals surface area contributed by atoms with Crippen LogP contribution < -0.4 is 5.32 Å². The molecule has 24 heavy (non-hydrogen) atoms. The zero-order valence-electron chi connectivity index (χ0n) is 14.8. The first-order valence-corrected chi connectivity index (χ1v) is 8.89. The van der Waals surface area contributed by atoms with Crippen molar-refractivity contribution in [1.29, 1.82) is 0 Å². The van der Waals surface area contributed by atoms with Crippen LogP contribution in [-0.4, -0.2) is 47.8 Å². The molecule has 134 valence electrons. The van der Waals surface area contributed by atoms with Gasteiger partial charge in [-0.2, -0.15) is 0 Å². The second-order valence-corrected chi connectivity index (χ2v) is 6.76. The summed E-state index contributed by atoms with van der Waals surface area (Å²) in [4.78, 5) is 14.2. The van der Waals surface area contributed by atoms with Gasteiger partial charge >= 0.3 is 0 Å². The average molecular weight is 334 g/mol. The van der Waals surface area contributed by atoms with Gasteiger partial charge in [-0.25, -0.2) is 0 Å². The summed E-state index contributed by atoms with van der Waals surface area (Å²) < 4.78 is 5.58. The van der Waals surface area contributed by atoms with Crippen LogP contribution in [-0.2, 0) is 22.7 Å². The molecule has 0 saturated carbocycles. The highest BCUT2D eigenvalue weighted by molar-refractivity contribution is 5.78. The molecule has 0 radical (unpaired) electrons. The first-order chi connectivity index (χ1) is 11.6. The molecule has 0 aliphatic carbocycles. The Labute approximate surface area is 145 Å². The number of benzene rings is 1. The smallest absolute Gasteiger partial charge is 0.234 e. The summed E-state index contributed by atoms with van der Waals surface area (Å²) in [7, 11) is 0. The number of aliphatic hydroxyl groups excluding tert-OH is 1. The predicted octanol–water partition coefficient (Wildman–Crippen LogP) is 2.07. The number of hydrogen-bond acceptors (Lipinski definition) is 4. The maximum Gasteiger partial charge on any atom is 0.234 e. The van der Waals surface area contributed by atoms with E-state index in [0.29, 0.717) is 19.7 Å². The maximum absolute atomic E-state index is 12.1. The van der Waals surface area contributed by atoms with Gasteiger partial charge in [-0.3, -0.25) is 9.69 Å². The number of likely N-dealkylation sites (tertiary alicyclic amines) is 1. The van der Waals surface area contributed by atoms with Gasteiger partial charge < -0.3 is 15.2 Å². The number of aliphatic hydroxyl groups is 1. The Kier molecular flexibility index (Phi) is 7.69. The molecule has 2 N–H and O–H groups in total. The lowest BCUT2D eigenvalue weighted by Gasteiger charge is -2.33. The average Bonchev–Trinajstić information content (AvgIpc) is 2.59. The largest absolute Gasteiger partial charge is 0.395 e. The van der Waals surface area contributed by atoms with E-state index in [0.717, 1.165) is 36.9 Å². The zero-order chi connectivity index (χ0) is 17.4. The number of nitrogens with zero attached hydrogens (tertiary/aromatic N) is 1. The summed E-state index contributed by atoms with van der Waals surface area (Å²) in [6, 6.07) is 8.25. The van der Waals surface area contributed by atoms with Crippen molar-refractivity contribution in [2.24, 2.45) is 0 Å². The minimum absolute atomic E-state index is 0.0163. The van der Waals surface area contributed by atoms with Gasteiger partial charge in [0.2, 0.25) is 5.91 Å². The van der Waals surface area contributed by atoms with Gasteiger partial charge in [0, 0.05) is 12.6 Å². The summed E-state index contributed by atoms with van der Waals surface area (Å²) >= 11 is 0. The quantitative estimate of drug-likeness (QED) is 0.764. The molecule has 1 amide bonds. The van der Waals surface area contributed by atoms with Gasteiger partial charge in [0.1, 0.15) is 0 Å². The second-order valence-electron chi connectivity index (χ2n) is 6.76. The van der Waals surface area contributed by atoms with Crippen LogP contribution in [0.15, 0.2) is 24.3 Å². The SMILES string of the molecule is CC(C)OCc1ccc(CNC(=O)CN2CCCCC2CO)cc1. The van der Waals surface area contributed by atoms with Crippen molar-refractivity contribution >= 4 is 5.91 Å². The Morgan fingerprint density at radius 1 is 1.29 bits per heavy atom. The number of nitrogens with one attached hydrogen (secondary N) is 1. The van der Waals surface area contributed by atoms with Crippen molar-refractivity contribution in [3.05, 3.63) is 35.4 Å². The van der Waals surface area contributed by atoms with Crippen molar-refractivity contribution in [2.45, 2.75) is 58.4 Å². The molecule has 1 aliphatic heterocycles. The van der Waals surface area contributed by atoms with Crippen LogP contribution in [0.1, 0.15) is 44.2 Å². The number of rotatable bonds is 8. The molecule has 5 heteroatoms. The van der Waals surface area contributed by atoms with Crippen LogP contribution in [0.5, 0.6) is 0 Å². The van der Waals surface area contributed by atoms with E-state index in [1.807, 2.05) is 38.1 Å². The summed E-state index contributed by atoms with van der Waals surface area (Å²) in [5, 5.41) is 12.4. The second kappa shape index (κ2) is 9.77. The number of hydrogen-bond donors (Lipinski definition) is 2. The molecule has 1 aromatic rings. The van der Waals surface area contributed by atoms with Crippen molar-refractivity contribution in [3.8, 4) is 0 Å². The fourth-order valence-electron chi connectivity index (χ4n) is 2.93. The van der Waals surface area contributed by atoms with E-state index >= 15 is 0 Å². The van der Waals surface area contributed by atoms with Crippen LogP contribution in [0.25, 0.3) is 0 Å². The molecule has 1 saturated heterocycles. The van der Waals surface area contributed by atoms with Gasteiger partial charge in [0.05, 0.1) is 25.9 Å². The molecular formula is C19H30N2O3. The lowest BCUT2D eigenvalue weighted by atomic mass is 10.0. The third kappa shape index (κ3) is 6.23. The lowest BCUT2D eigenvalue weighted by molar-refractivity contribution is -0.123. The van der Waals surface area contributed by atoms with Crippen molar-refractivity contribution in [1.82, 2.24) is 10.2 Å². The molecule has 0 spiro atoms. The first-order valence-electron chi connectivity index (χ1n) is 8.89. The molecule has 0 bridgehead atoms. The van der Waals surface area contributed by atoms with E-state index in [4.69, 9.17) is 4.74 Å². The highest BCUT2D eigenvalue weighted by atomic mass is 16.5. The zero-order valence-corrected chi connectivity index (χ0v) is 14.8. The third-order valence-electron chi connectivity index (χ3n) is 4.40. The van der Waals surface area contributed by atoms with Gasteiger partial charge in [-0.1, -0.05) is 30.7 Å². The van der Waals surface area contributed by atoms with E-state index in [1.54, 1.807) is 0 Å². The Bertz CT molecular complexity index is 502. The Balaban J connectivity index is 1.74. The third-order valence-corrected chi connectivity index (χ3v) is 4.40. The Morgan fingerprint density at radius 2 is 2.00 bits per heavy atom. The maximum atomic E-state index is 12.1. The van der Waals surface area contributed by atoms with Gasteiger partial charge in [-0.15, -0.1) is 0 Å². The number of carbonyl (C=O) groups excluding carboxylic acids is 1. The number of piperidine rings is 1. The van der Waals surface area contributed by atoms with Gasteiger partial charge in [-0.05, 0) is 44.4 Å². The summed E-state index contributed by atoms with van der Waals surface area (Å²) in [6.45, 7) is 6.58. The molecule has 1 heterocycles. The summed E-state index contributed by atoms with van der Waals surface area (Å²) in [5.74, 6) is 0.0163. The Morgan fingerprint density at radius 3 is 2.67 bits per heavy atom. The van der Waals surface area contributed by atoms with E-state index in [1.165, 1.54) is 0 Å². The van der Waals surface area contributed by atoms with Crippen LogP contribution in [0.3, 0.4) is 0 Å². The Hall–Kier alpha value is -1.43. The molecule has 1 unspecified atom stereocenters. The first kappa shape index (κ1) is 18.9.